The van der Waals surface area contributed by atoms with Crippen molar-refractivity contribution in [1.82, 2.24) is 9.97 Å². The fourth-order valence-electron chi connectivity index (χ4n) is 3.26. The summed E-state index contributed by atoms with van der Waals surface area (Å²) in [7, 11) is 0. The van der Waals surface area contributed by atoms with Crippen LogP contribution in [0.25, 0.3) is 0 Å². The van der Waals surface area contributed by atoms with Gasteiger partial charge in [0.15, 0.2) is 0 Å². The summed E-state index contributed by atoms with van der Waals surface area (Å²) in [6, 6.07) is 11.9. The quantitative estimate of drug-likeness (QED) is 0.677. The minimum atomic E-state index is 0.0282. The Balaban J connectivity index is 1.51. The maximum absolute atomic E-state index is 13.2. The minimum absolute atomic E-state index is 0.0282. The van der Waals surface area contributed by atoms with E-state index in [-0.39, 0.29) is 5.91 Å². The molecule has 0 saturated carbocycles. The molecule has 1 aliphatic rings. The fraction of sp³-hybridized carbons (Fsp3) is 0.286. The number of thiazole rings is 1. The second kappa shape index (κ2) is 7.48. The largest absolute Gasteiger partial charge is 0.485 e. The molecule has 0 radical (unpaired) electrons. The van der Waals surface area contributed by atoms with Gasteiger partial charge in [-0.2, -0.15) is 0 Å². The number of fused-ring (bicyclic) bond motifs is 1. The highest BCUT2D eigenvalue weighted by Gasteiger charge is 2.26. The first-order valence-electron chi connectivity index (χ1n) is 9.03. The number of hydrogen-bond acceptors (Lipinski definition) is 5. The normalized spacial score (nSPS) is 13.3. The van der Waals surface area contributed by atoms with E-state index in [0.717, 1.165) is 41.5 Å². The van der Waals surface area contributed by atoms with E-state index in [2.05, 4.69) is 16.0 Å². The molecule has 3 aromatic rings. The number of aryl methyl sites for hydroxylation is 3. The van der Waals surface area contributed by atoms with E-state index in [0.29, 0.717) is 17.2 Å². The highest BCUT2D eigenvalue weighted by Crippen LogP contribution is 2.30. The molecule has 0 unspecified atom stereocenters. The van der Waals surface area contributed by atoms with Crippen molar-refractivity contribution in [2.75, 3.05) is 11.4 Å². The molecule has 3 heterocycles. The predicted molar refractivity (Wildman–Crippen MR) is 107 cm³/mol. The van der Waals surface area contributed by atoms with Crippen LogP contribution in [0.1, 0.15) is 38.1 Å². The standard InChI is InChI=1S/C21H21N3O2S/c1-14-9-10-17(12-22-14)26-13-19-23-15(2)20(27-19)21(25)24-11-5-7-16-6-3-4-8-18(16)24/h3-4,6,8-10,12H,5,7,11,13H2,1-2H3. The van der Waals surface area contributed by atoms with Gasteiger partial charge in [-0.05, 0) is 50.5 Å². The van der Waals surface area contributed by atoms with Crippen molar-refractivity contribution in [3.63, 3.8) is 0 Å². The zero-order valence-corrected chi connectivity index (χ0v) is 16.3. The molecule has 1 aromatic carbocycles. The SMILES string of the molecule is Cc1ccc(OCc2nc(C)c(C(=O)N3CCCc4ccccc43)s2)cn1. The van der Waals surface area contributed by atoms with E-state index in [9.17, 15) is 4.79 Å². The third kappa shape index (κ3) is 3.71. The number of carbonyl (C=O) groups excluding carboxylic acids is 1. The highest BCUT2D eigenvalue weighted by molar-refractivity contribution is 7.13. The molecule has 0 fully saturated rings. The summed E-state index contributed by atoms with van der Waals surface area (Å²) in [5.41, 5.74) is 3.95. The second-order valence-corrected chi connectivity index (χ2v) is 7.72. The summed E-state index contributed by atoms with van der Waals surface area (Å²) in [6.07, 6.45) is 3.70. The zero-order chi connectivity index (χ0) is 18.8. The maximum Gasteiger partial charge on any atom is 0.270 e. The van der Waals surface area contributed by atoms with Crippen LogP contribution >= 0.6 is 11.3 Å². The Bertz CT molecular complexity index is 966. The summed E-state index contributed by atoms with van der Waals surface area (Å²) in [5, 5.41) is 0.793. The van der Waals surface area contributed by atoms with E-state index < -0.39 is 0 Å². The second-order valence-electron chi connectivity index (χ2n) is 6.64. The Morgan fingerprint density at radius 1 is 1.22 bits per heavy atom. The van der Waals surface area contributed by atoms with Gasteiger partial charge in [0.25, 0.3) is 5.91 Å². The van der Waals surface area contributed by atoms with Crippen LogP contribution in [0.15, 0.2) is 42.6 Å². The molecule has 1 aliphatic heterocycles. The molecule has 6 heteroatoms. The van der Waals surface area contributed by atoms with Crippen LogP contribution in [0, 0.1) is 13.8 Å². The fourth-order valence-corrected chi connectivity index (χ4v) is 4.19. The van der Waals surface area contributed by atoms with Gasteiger partial charge < -0.3 is 9.64 Å². The third-order valence-corrected chi connectivity index (χ3v) is 5.76. The molecule has 2 aromatic heterocycles. The number of para-hydroxylation sites is 1. The summed E-state index contributed by atoms with van der Waals surface area (Å²) < 4.78 is 5.76. The van der Waals surface area contributed by atoms with Crippen molar-refractivity contribution in [2.24, 2.45) is 0 Å². The molecule has 5 nitrogen and oxygen atoms in total. The van der Waals surface area contributed by atoms with Gasteiger partial charge in [-0.3, -0.25) is 9.78 Å². The summed E-state index contributed by atoms with van der Waals surface area (Å²) >= 11 is 1.41. The summed E-state index contributed by atoms with van der Waals surface area (Å²) in [4.78, 5) is 24.5. The molecule has 1 amide bonds. The Labute approximate surface area is 162 Å². The van der Waals surface area contributed by atoms with Crippen LogP contribution in [0.4, 0.5) is 5.69 Å². The van der Waals surface area contributed by atoms with Crippen molar-refractivity contribution in [3.8, 4) is 5.75 Å². The molecule has 27 heavy (non-hydrogen) atoms. The smallest absolute Gasteiger partial charge is 0.270 e. The molecule has 0 N–H and O–H groups in total. The molecule has 138 valence electrons. The number of amides is 1. The minimum Gasteiger partial charge on any atom is -0.485 e. The van der Waals surface area contributed by atoms with E-state index in [4.69, 9.17) is 4.74 Å². The van der Waals surface area contributed by atoms with Crippen LogP contribution in [0.5, 0.6) is 5.75 Å². The topological polar surface area (TPSA) is 55.3 Å². The van der Waals surface area contributed by atoms with Crippen LogP contribution in [0.2, 0.25) is 0 Å². The molecule has 4 rings (SSSR count). The Morgan fingerprint density at radius 2 is 2.07 bits per heavy atom. The third-order valence-electron chi connectivity index (χ3n) is 4.64. The maximum atomic E-state index is 13.2. The van der Waals surface area contributed by atoms with Crippen molar-refractivity contribution in [2.45, 2.75) is 33.3 Å². The Kier molecular flexibility index (Phi) is 4.90. The van der Waals surface area contributed by atoms with E-state index >= 15 is 0 Å². The number of nitrogens with zero attached hydrogens (tertiary/aromatic N) is 3. The lowest BCUT2D eigenvalue weighted by atomic mass is 10.0. The Hall–Kier alpha value is -2.73. The lowest BCUT2D eigenvalue weighted by molar-refractivity contribution is 0.0988. The molecular formula is C21H21N3O2S. The van der Waals surface area contributed by atoms with E-state index in [1.54, 1.807) is 6.20 Å². The number of aromatic nitrogens is 2. The first-order chi connectivity index (χ1) is 13.1. The highest BCUT2D eigenvalue weighted by atomic mass is 32.1. The van der Waals surface area contributed by atoms with Gasteiger partial charge in [0.2, 0.25) is 0 Å². The number of pyridine rings is 1. The monoisotopic (exact) mass is 379 g/mol. The summed E-state index contributed by atoms with van der Waals surface area (Å²) in [6.45, 7) is 4.90. The van der Waals surface area contributed by atoms with Crippen molar-refractivity contribution in [3.05, 3.63) is 69.4 Å². The number of ether oxygens (including phenoxy) is 1. The van der Waals surface area contributed by atoms with Crippen molar-refractivity contribution in [1.29, 1.82) is 0 Å². The van der Waals surface area contributed by atoms with Crippen molar-refractivity contribution >= 4 is 22.9 Å². The number of anilines is 1. The molecule has 0 saturated heterocycles. The van der Waals surface area contributed by atoms with Gasteiger partial charge in [0.1, 0.15) is 22.2 Å². The first-order valence-corrected chi connectivity index (χ1v) is 9.85. The average Bonchev–Trinajstić information content (AvgIpc) is 3.07. The molecule has 0 bridgehead atoms. The van der Waals surface area contributed by atoms with Crippen LogP contribution < -0.4 is 9.64 Å². The van der Waals surface area contributed by atoms with Gasteiger partial charge in [-0.1, -0.05) is 18.2 Å². The number of hydrogen-bond donors (Lipinski definition) is 0. The number of benzene rings is 1. The van der Waals surface area contributed by atoms with Crippen molar-refractivity contribution < 1.29 is 9.53 Å². The number of rotatable bonds is 4. The van der Waals surface area contributed by atoms with Crippen LogP contribution in [-0.2, 0) is 13.0 Å². The molecular weight excluding hydrogens is 358 g/mol. The van der Waals surface area contributed by atoms with Gasteiger partial charge >= 0.3 is 0 Å². The van der Waals surface area contributed by atoms with Gasteiger partial charge in [-0.15, -0.1) is 11.3 Å². The predicted octanol–water partition coefficient (Wildman–Crippen LogP) is 4.33. The van der Waals surface area contributed by atoms with Gasteiger partial charge in [0.05, 0.1) is 11.9 Å². The number of carbonyl (C=O) groups is 1. The van der Waals surface area contributed by atoms with Gasteiger partial charge in [0, 0.05) is 17.9 Å². The lowest BCUT2D eigenvalue weighted by Gasteiger charge is -2.29. The molecule has 0 atom stereocenters. The lowest BCUT2D eigenvalue weighted by Crippen LogP contribution is -2.35. The van der Waals surface area contributed by atoms with E-state index in [1.165, 1.54) is 16.9 Å². The Morgan fingerprint density at radius 3 is 2.89 bits per heavy atom. The van der Waals surface area contributed by atoms with Crippen LogP contribution in [-0.4, -0.2) is 22.4 Å². The van der Waals surface area contributed by atoms with Gasteiger partial charge in [-0.25, -0.2) is 4.98 Å². The van der Waals surface area contributed by atoms with Crippen LogP contribution in [0.3, 0.4) is 0 Å². The molecule has 0 spiro atoms. The van der Waals surface area contributed by atoms with E-state index in [1.807, 2.05) is 49.1 Å². The zero-order valence-electron chi connectivity index (χ0n) is 15.4. The molecule has 0 aliphatic carbocycles. The first kappa shape index (κ1) is 17.7. The average molecular weight is 379 g/mol. The summed E-state index contributed by atoms with van der Waals surface area (Å²) in [5.74, 6) is 0.728.